The maximum Gasteiger partial charge on any atom is 0.407 e. The van der Waals surface area contributed by atoms with Gasteiger partial charge in [0, 0.05) is 6.54 Å². The van der Waals surface area contributed by atoms with Gasteiger partial charge in [-0.1, -0.05) is 0 Å². The summed E-state index contributed by atoms with van der Waals surface area (Å²) in [4.78, 5) is 11.6. The van der Waals surface area contributed by atoms with Gasteiger partial charge in [0.15, 0.2) is 0 Å². The molecule has 1 saturated heterocycles. The number of rotatable bonds is 2. The van der Waals surface area contributed by atoms with E-state index in [9.17, 15) is 13.2 Å². The topological polar surface area (TPSA) is 83.9 Å². The molecule has 0 aromatic rings. The number of hydrogen-bond acceptors (Lipinski definition) is 4. The summed E-state index contributed by atoms with van der Waals surface area (Å²) in [6, 6.07) is 0. The van der Waals surface area contributed by atoms with Gasteiger partial charge in [0.05, 0.1) is 18.9 Å². The minimum absolute atomic E-state index is 0.127. The lowest BCUT2D eigenvalue weighted by atomic mass is 10.3. The Bertz CT molecular complexity index is 298. The summed E-state index contributed by atoms with van der Waals surface area (Å²) < 4.78 is 26.0. The number of carboxylic acid groups (broad SMARTS) is 1. The molecule has 0 aromatic carbocycles. The van der Waals surface area contributed by atoms with Crippen LogP contribution in [0.3, 0.4) is 0 Å². The third-order valence-electron chi connectivity index (χ3n) is 1.73. The molecule has 0 radical (unpaired) electrons. The molecule has 76 valence electrons. The Morgan fingerprint density at radius 2 is 2.23 bits per heavy atom. The number of amides is 1. The second-order valence-corrected chi connectivity index (χ2v) is 4.54. The molecule has 0 spiro atoms. The first-order chi connectivity index (χ1) is 5.88. The first-order valence-corrected chi connectivity index (χ1v) is 5.56. The fraction of sp³-hybridized carbons (Fsp3) is 0.833. The van der Waals surface area contributed by atoms with Crippen molar-refractivity contribution < 1.29 is 22.5 Å². The van der Waals surface area contributed by atoms with Crippen LogP contribution in [0.4, 0.5) is 4.79 Å². The highest BCUT2D eigenvalue weighted by molar-refractivity contribution is 7.86. The van der Waals surface area contributed by atoms with Crippen LogP contribution < -0.4 is 0 Å². The van der Waals surface area contributed by atoms with Crippen molar-refractivity contribution in [3.8, 4) is 0 Å². The van der Waals surface area contributed by atoms with E-state index in [0.717, 1.165) is 11.2 Å². The van der Waals surface area contributed by atoms with Crippen molar-refractivity contribution in [3.05, 3.63) is 0 Å². The Hall–Kier alpha value is -0.820. The predicted molar refractivity (Wildman–Crippen MR) is 43.9 cm³/mol. The fourth-order valence-corrected chi connectivity index (χ4v) is 1.88. The van der Waals surface area contributed by atoms with Gasteiger partial charge < -0.3 is 10.0 Å². The van der Waals surface area contributed by atoms with Gasteiger partial charge in [-0.2, -0.15) is 8.42 Å². The molecule has 0 aromatic heterocycles. The maximum atomic E-state index is 10.7. The SMILES string of the molecule is CS(=O)(=O)OC1CCN(C(=O)O)C1. The molecule has 1 fully saturated rings. The van der Waals surface area contributed by atoms with Crippen LogP contribution >= 0.6 is 0 Å². The van der Waals surface area contributed by atoms with Crippen molar-refractivity contribution in [2.45, 2.75) is 12.5 Å². The Morgan fingerprint density at radius 1 is 1.62 bits per heavy atom. The van der Waals surface area contributed by atoms with Gasteiger partial charge in [-0.05, 0) is 6.42 Å². The van der Waals surface area contributed by atoms with Gasteiger partial charge in [0.1, 0.15) is 0 Å². The smallest absolute Gasteiger partial charge is 0.407 e. The predicted octanol–water partition coefficient (Wildman–Crippen LogP) is -0.285. The summed E-state index contributed by atoms with van der Waals surface area (Å²) in [5, 5.41) is 8.55. The van der Waals surface area contributed by atoms with Crippen molar-refractivity contribution in [2.75, 3.05) is 19.3 Å². The lowest BCUT2D eigenvalue weighted by molar-refractivity contribution is 0.146. The highest BCUT2D eigenvalue weighted by Crippen LogP contribution is 2.14. The number of carbonyl (C=O) groups is 1. The molecule has 0 saturated carbocycles. The molecule has 1 atom stereocenters. The van der Waals surface area contributed by atoms with Crippen molar-refractivity contribution >= 4 is 16.2 Å². The molecule has 1 amide bonds. The molecule has 0 aliphatic carbocycles. The average Bonchev–Trinajstić information content (AvgIpc) is 2.31. The van der Waals surface area contributed by atoms with Crippen LogP contribution in [0.25, 0.3) is 0 Å². The lowest BCUT2D eigenvalue weighted by Gasteiger charge is -2.11. The summed E-state index contributed by atoms with van der Waals surface area (Å²) in [7, 11) is -3.48. The summed E-state index contributed by atoms with van der Waals surface area (Å²) in [6.07, 6.45) is -0.179. The first kappa shape index (κ1) is 10.3. The van der Waals surface area contributed by atoms with E-state index in [1.165, 1.54) is 0 Å². The van der Waals surface area contributed by atoms with E-state index in [1.54, 1.807) is 0 Å². The molecule has 0 bridgehead atoms. The highest BCUT2D eigenvalue weighted by Gasteiger charge is 2.28. The van der Waals surface area contributed by atoms with E-state index < -0.39 is 22.3 Å². The quantitative estimate of drug-likeness (QED) is 0.632. The largest absolute Gasteiger partial charge is 0.465 e. The molecule has 1 unspecified atom stereocenters. The van der Waals surface area contributed by atoms with Gasteiger partial charge >= 0.3 is 6.09 Å². The molecule has 1 N–H and O–H groups in total. The molecule has 13 heavy (non-hydrogen) atoms. The normalized spacial score (nSPS) is 23.5. The molecule has 1 aliphatic heterocycles. The van der Waals surface area contributed by atoms with E-state index >= 15 is 0 Å². The summed E-state index contributed by atoms with van der Waals surface area (Å²) >= 11 is 0. The van der Waals surface area contributed by atoms with Crippen LogP contribution in [-0.4, -0.2) is 50.0 Å². The summed E-state index contributed by atoms with van der Waals surface area (Å²) in [5.74, 6) is 0. The Kier molecular flexibility index (Phi) is 2.77. The molecule has 1 heterocycles. The van der Waals surface area contributed by atoms with E-state index in [4.69, 9.17) is 5.11 Å². The monoisotopic (exact) mass is 209 g/mol. The summed E-state index contributed by atoms with van der Waals surface area (Å²) in [6.45, 7) is 0.456. The number of likely N-dealkylation sites (tertiary alicyclic amines) is 1. The van der Waals surface area contributed by atoms with Crippen LogP contribution in [-0.2, 0) is 14.3 Å². The Balaban J connectivity index is 2.47. The number of nitrogens with zero attached hydrogens (tertiary/aromatic N) is 1. The van der Waals surface area contributed by atoms with Gasteiger partial charge in [-0.3, -0.25) is 4.18 Å². The van der Waals surface area contributed by atoms with Crippen LogP contribution in [0.15, 0.2) is 0 Å². The van der Waals surface area contributed by atoms with Crippen LogP contribution in [0, 0.1) is 0 Å². The second kappa shape index (κ2) is 3.51. The highest BCUT2D eigenvalue weighted by atomic mass is 32.2. The van der Waals surface area contributed by atoms with Crippen molar-refractivity contribution in [2.24, 2.45) is 0 Å². The minimum atomic E-state index is -3.48. The van der Waals surface area contributed by atoms with Gasteiger partial charge in [0.2, 0.25) is 0 Å². The van der Waals surface area contributed by atoms with Gasteiger partial charge in [-0.25, -0.2) is 4.79 Å². The zero-order chi connectivity index (χ0) is 10.1. The van der Waals surface area contributed by atoms with Crippen molar-refractivity contribution in [1.29, 1.82) is 0 Å². The zero-order valence-electron chi connectivity index (χ0n) is 7.13. The Labute approximate surface area is 76.2 Å². The van der Waals surface area contributed by atoms with E-state index in [0.29, 0.717) is 13.0 Å². The molecule has 6 nitrogen and oxygen atoms in total. The number of hydrogen-bond donors (Lipinski definition) is 1. The molecule has 1 aliphatic rings. The van der Waals surface area contributed by atoms with Gasteiger partial charge in [0.25, 0.3) is 10.1 Å². The molecular formula is C6H11NO5S. The second-order valence-electron chi connectivity index (χ2n) is 2.94. The fourth-order valence-electron chi connectivity index (χ4n) is 1.23. The maximum absolute atomic E-state index is 10.7. The van der Waals surface area contributed by atoms with E-state index in [1.807, 2.05) is 0 Å². The molecule has 7 heteroatoms. The third-order valence-corrected chi connectivity index (χ3v) is 2.35. The average molecular weight is 209 g/mol. The van der Waals surface area contributed by atoms with Crippen molar-refractivity contribution in [1.82, 2.24) is 4.90 Å². The minimum Gasteiger partial charge on any atom is -0.465 e. The summed E-state index contributed by atoms with van der Waals surface area (Å²) in [5.41, 5.74) is 0. The zero-order valence-corrected chi connectivity index (χ0v) is 7.95. The standard InChI is InChI=1S/C6H11NO5S/c1-13(10,11)12-5-2-3-7(4-5)6(8)9/h5H,2-4H2,1H3,(H,8,9). The molecule has 1 rings (SSSR count). The van der Waals surface area contributed by atoms with Crippen molar-refractivity contribution in [3.63, 3.8) is 0 Å². The van der Waals surface area contributed by atoms with E-state index in [2.05, 4.69) is 4.18 Å². The van der Waals surface area contributed by atoms with Crippen LogP contribution in [0.5, 0.6) is 0 Å². The van der Waals surface area contributed by atoms with E-state index in [-0.39, 0.29) is 6.54 Å². The van der Waals surface area contributed by atoms with Gasteiger partial charge in [-0.15, -0.1) is 0 Å². The lowest BCUT2D eigenvalue weighted by Crippen LogP contribution is -2.29. The molecular weight excluding hydrogens is 198 g/mol. The van der Waals surface area contributed by atoms with Crippen LogP contribution in [0.2, 0.25) is 0 Å². The van der Waals surface area contributed by atoms with Crippen LogP contribution in [0.1, 0.15) is 6.42 Å². The Morgan fingerprint density at radius 3 is 2.62 bits per heavy atom. The third kappa shape index (κ3) is 3.19. The first-order valence-electron chi connectivity index (χ1n) is 3.74.